The number of methoxy groups -OCH3 is 2. The molecule has 0 aliphatic carbocycles. The molecule has 0 bridgehead atoms. The van der Waals surface area contributed by atoms with Crippen molar-refractivity contribution in [2.45, 2.75) is 20.8 Å². The molecule has 5 nitrogen and oxygen atoms in total. The highest BCUT2D eigenvalue weighted by molar-refractivity contribution is 6.37. The van der Waals surface area contributed by atoms with Crippen molar-refractivity contribution in [1.29, 1.82) is 0 Å². The Morgan fingerprint density at radius 3 is 2.22 bits per heavy atom. The van der Waals surface area contributed by atoms with Gasteiger partial charge in [0.05, 0.1) is 14.2 Å². The van der Waals surface area contributed by atoms with Gasteiger partial charge in [-0.05, 0) is 43.5 Å². The topological polar surface area (TPSA) is 64.6 Å². The van der Waals surface area contributed by atoms with Crippen LogP contribution in [-0.4, -0.2) is 26.1 Å². The van der Waals surface area contributed by atoms with E-state index in [1.165, 1.54) is 7.11 Å². The van der Waals surface area contributed by atoms with Gasteiger partial charge < -0.3 is 14.8 Å². The predicted octanol–water partition coefficient (Wildman–Crippen LogP) is 1.73. The van der Waals surface area contributed by atoms with E-state index >= 15 is 0 Å². The third kappa shape index (κ3) is 2.61. The molecule has 0 spiro atoms. The maximum Gasteiger partial charge on any atom is 0.396 e. The lowest BCUT2D eigenvalue weighted by atomic mass is 10.0. The third-order valence-electron chi connectivity index (χ3n) is 2.88. The number of hydrogen-bond donors (Lipinski definition) is 1. The number of aryl methyl sites for hydroxylation is 1. The molecule has 5 heteroatoms. The lowest BCUT2D eigenvalue weighted by Gasteiger charge is -2.16. The zero-order chi connectivity index (χ0) is 13.9. The van der Waals surface area contributed by atoms with E-state index in [9.17, 15) is 9.59 Å². The summed E-state index contributed by atoms with van der Waals surface area (Å²) in [6, 6.07) is 1.81. The Labute approximate surface area is 106 Å². The molecule has 1 rings (SSSR count). The van der Waals surface area contributed by atoms with Gasteiger partial charge in [0.25, 0.3) is 0 Å². The summed E-state index contributed by atoms with van der Waals surface area (Å²) in [5.74, 6) is -0.948. The van der Waals surface area contributed by atoms with Crippen LogP contribution in [0.25, 0.3) is 0 Å². The Balaban J connectivity index is 3.15. The number of benzene rings is 1. The second kappa shape index (κ2) is 5.53. The fourth-order valence-corrected chi connectivity index (χ4v) is 1.71. The quantitative estimate of drug-likeness (QED) is 0.642. The molecule has 1 aromatic rings. The maximum atomic E-state index is 11.5. The van der Waals surface area contributed by atoms with Gasteiger partial charge >= 0.3 is 11.9 Å². The number of carbonyl (C=O) groups excluding carboxylic acids is 2. The molecule has 98 valence electrons. The summed E-state index contributed by atoms with van der Waals surface area (Å²) in [5, 5.41) is 2.55. The Kier molecular flexibility index (Phi) is 4.31. The van der Waals surface area contributed by atoms with Gasteiger partial charge in [0.2, 0.25) is 0 Å². The Hall–Kier alpha value is -2.04. The molecule has 0 aliphatic rings. The smallest absolute Gasteiger partial charge is 0.396 e. The average Bonchev–Trinajstić information content (AvgIpc) is 2.37. The lowest BCUT2D eigenvalue weighted by molar-refractivity contribution is -0.150. The lowest BCUT2D eigenvalue weighted by Crippen LogP contribution is -2.24. The van der Waals surface area contributed by atoms with Crippen molar-refractivity contribution >= 4 is 17.6 Å². The molecular weight excluding hydrogens is 234 g/mol. The van der Waals surface area contributed by atoms with Gasteiger partial charge in [0.15, 0.2) is 0 Å². The minimum Gasteiger partial charge on any atom is -0.496 e. The second-order valence-corrected chi connectivity index (χ2v) is 3.97. The first kappa shape index (κ1) is 14.0. The van der Waals surface area contributed by atoms with E-state index in [4.69, 9.17) is 4.74 Å². The molecule has 1 aromatic carbocycles. The summed E-state index contributed by atoms with van der Waals surface area (Å²) >= 11 is 0. The van der Waals surface area contributed by atoms with Crippen LogP contribution in [0.5, 0.6) is 5.75 Å². The maximum absolute atomic E-state index is 11.5. The van der Waals surface area contributed by atoms with Crippen molar-refractivity contribution in [2.24, 2.45) is 0 Å². The first-order valence-corrected chi connectivity index (χ1v) is 5.46. The number of carbonyl (C=O) groups is 2. The predicted molar refractivity (Wildman–Crippen MR) is 67.9 cm³/mol. The number of hydrogen-bond acceptors (Lipinski definition) is 4. The van der Waals surface area contributed by atoms with Crippen molar-refractivity contribution in [2.75, 3.05) is 19.5 Å². The van der Waals surface area contributed by atoms with Crippen LogP contribution in [0.4, 0.5) is 5.69 Å². The molecule has 0 radical (unpaired) electrons. The number of esters is 1. The van der Waals surface area contributed by atoms with Gasteiger partial charge in [0.1, 0.15) is 5.75 Å². The minimum absolute atomic E-state index is 0.615. The van der Waals surface area contributed by atoms with E-state index in [0.717, 1.165) is 22.4 Å². The average molecular weight is 251 g/mol. The van der Waals surface area contributed by atoms with Crippen molar-refractivity contribution in [3.8, 4) is 5.75 Å². The first-order valence-electron chi connectivity index (χ1n) is 5.46. The molecule has 1 N–H and O–H groups in total. The van der Waals surface area contributed by atoms with Gasteiger partial charge in [0, 0.05) is 5.69 Å². The second-order valence-electron chi connectivity index (χ2n) is 3.97. The standard InChI is InChI=1S/C13H17NO4/c1-7-6-10(17-4)8(2)9(3)11(7)14-12(15)13(16)18-5/h6H,1-5H3,(H,14,15). The first-order chi connectivity index (χ1) is 8.42. The van der Waals surface area contributed by atoms with Crippen molar-refractivity contribution in [3.63, 3.8) is 0 Å². The molecule has 0 aliphatic heterocycles. The molecule has 0 saturated carbocycles. The Morgan fingerprint density at radius 2 is 1.72 bits per heavy atom. The van der Waals surface area contributed by atoms with E-state index in [2.05, 4.69) is 10.1 Å². The van der Waals surface area contributed by atoms with Crippen LogP contribution < -0.4 is 10.1 Å². The van der Waals surface area contributed by atoms with Crippen LogP contribution in [0.15, 0.2) is 6.07 Å². The van der Waals surface area contributed by atoms with Crippen LogP contribution >= 0.6 is 0 Å². The molecular formula is C13H17NO4. The number of ether oxygens (including phenoxy) is 2. The molecule has 0 aromatic heterocycles. The summed E-state index contributed by atoms with van der Waals surface area (Å²) in [4.78, 5) is 22.6. The van der Waals surface area contributed by atoms with Gasteiger partial charge in [-0.25, -0.2) is 4.79 Å². The Bertz CT molecular complexity index is 494. The normalized spacial score (nSPS) is 9.83. The highest BCUT2D eigenvalue weighted by Gasteiger charge is 2.18. The van der Waals surface area contributed by atoms with Crippen molar-refractivity contribution in [3.05, 3.63) is 22.8 Å². The van der Waals surface area contributed by atoms with E-state index in [1.807, 2.05) is 26.8 Å². The van der Waals surface area contributed by atoms with Crippen LogP contribution in [0, 0.1) is 20.8 Å². The van der Waals surface area contributed by atoms with Gasteiger partial charge in [-0.1, -0.05) is 0 Å². The zero-order valence-electron chi connectivity index (χ0n) is 11.2. The molecule has 0 fully saturated rings. The molecule has 0 saturated heterocycles. The molecule has 0 atom stereocenters. The fraction of sp³-hybridized carbons (Fsp3) is 0.385. The van der Waals surface area contributed by atoms with Crippen LogP contribution in [0.2, 0.25) is 0 Å². The summed E-state index contributed by atoms with van der Waals surface area (Å²) in [6.45, 7) is 5.58. The summed E-state index contributed by atoms with van der Waals surface area (Å²) in [6.07, 6.45) is 0. The van der Waals surface area contributed by atoms with Gasteiger partial charge in [-0.15, -0.1) is 0 Å². The largest absolute Gasteiger partial charge is 0.496 e. The van der Waals surface area contributed by atoms with E-state index < -0.39 is 11.9 Å². The van der Waals surface area contributed by atoms with Crippen LogP contribution in [-0.2, 0) is 14.3 Å². The van der Waals surface area contributed by atoms with Crippen LogP contribution in [0.3, 0.4) is 0 Å². The molecule has 1 amide bonds. The number of anilines is 1. The SMILES string of the molecule is COC(=O)C(=O)Nc1c(C)cc(OC)c(C)c1C. The summed E-state index contributed by atoms with van der Waals surface area (Å²) in [5.41, 5.74) is 3.23. The number of amides is 1. The third-order valence-corrected chi connectivity index (χ3v) is 2.88. The molecule has 0 unspecified atom stereocenters. The highest BCUT2D eigenvalue weighted by atomic mass is 16.5. The zero-order valence-corrected chi connectivity index (χ0v) is 11.2. The van der Waals surface area contributed by atoms with Gasteiger partial charge in [-0.3, -0.25) is 4.79 Å². The highest BCUT2D eigenvalue weighted by Crippen LogP contribution is 2.31. The van der Waals surface area contributed by atoms with E-state index in [-0.39, 0.29) is 0 Å². The minimum atomic E-state index is -0.915. The Morgan fingerprint density at radius 1 is 1.11 bits per heavy atom. The monoisotopic (exact) mass is 251 g/mol. The number of nitrogens with one attached hydrogen (secondary N) is 1. The van der Waals surface area contributed by atoms with E-state index in [0.29, 0.717) is 5.69 Å². The molecule has 0 heterocycles. The fourth-order valence-electron chi connectivity index (χ4n) is 1.71. The number of rotatable bonds is 2. The van der Waals surface area contributed by atoms with Crippen LogP contribution in [0.1, 0.15) is 16.7 Å². The summed E-state index contributed by atoms with van der Waals surface area (Å²) < 4.78 is 9.59. The van der Waals surface area contributed by atoms with Gasteiger partial charge in [-0.2, -0.15) is 0 Å². The van der Waals surface area contributed by atoms with E-state index in [1.54, 1.807) is 7.11 Å². The summed E-state index contributed by atoms with van der Waals surface area (Å²) in [7, 11) is 2.76. The van der Waals surface area contributed by atoms with Crippen molar-refractivity contribution < 1.29 is 19.1 Å². The van der Waals surface area contributed by atoms with Crippen molar-refractivity contribution in [1.82, 2.24) is 0 Å². The molecule has 18 heavy (non-hydrogen) atoms.